The molecule has 148 valence electrons. The molecular weight excluding hydrogens is 514 g/mol. The van der Waals surface area contributed by atoms with Gasteiger partial charge < -0.3 is 16.0 Å². The zero-order valence-electron chi connectivity index (χ0n) is 15.8. The highest BCUT2D eigenvalue weighted by Crippen LogP contribution is 2.16. The molecule has 0 fully saturated rings. The molecule has 0 aliphatic heterocycles. The van der Waals surface area contributed by atoms with Gasteiger partial charge in [0.15, 0.2) is 5.96 Å². The molecule has 0 radical (unpaired) electrons. The van der Waals surface area contributed by atoms with Crippen LogP contribution in [0.4, 0.5) is 4.39 Å². The molecule has 0 saturated carbocycles. The molecule has 5 nitrogen and oxygen atoms in total. The average molecular weight is 543 g/mol. The summed E-state index contributed by atoms with van der Waals surface area (Å²) in [6.07, 6.45) is 1.45. The number of aliphatic imine (C=N–C) groups is 1. The van der Waals surface area contributed by atoms with Crippen molar-refractivity contribution in [1.29, 1.82) is 0 Å². The third kappa shape index (κ3) is 9.70. The highest BCUT2D eigenvalue weighted by Gasteiger charge is 2.20. The number of aryl methyl sites for hydroxylation is 1. The Kier molecular flexibility index (Phi) is 12.0. The highest BCUT2D eigenvalue weighted by molar-refractivity contribution is 14.0. The van der Waals surface area contributed by atoms with E-state index in [1.165, 1.54) is 6.07 Å². The van der Waals surface area contributed by atoms with Gasteiger partial charge in [0.05, 0.1) is 0 Å². The second kappa shape index (κ2) is 12.5. The number of hydrogen-bond acceptors (Lipinski definition) is 2. The Bertz CT molecular complexity index is 605. The lowest BCUT2D eigenvalue weighted by molar-refractivity contribution is -0.128. The number of hydrogen-bond donors (Lipinski definition) is 3. The van der Waals surface area contributed by atoms with Gasteiger partial charge in [-0.05, 0) is 30.5 Å². The van der Waals surface area contributed by atoms with Crippen molar-refractivity contribution in [2.45, 2.75) is 33.6 Å². The second-order valence-electron chi connectivity index (χ2n) is 6.77. The predicted octanol–water partition coefficient (Wildman–Crippen LogP) is 3.47. The molecule has 0 aliphatic rings. The summed E-state index contributed by atoms with van der Waals surface area (Å²) in [5.74, 6) is 0.501. The van der Waals surface area contributed by atoms with E-state index in [1.807, 2.05) is 26.8 Å². The van der Waals surface area contributed by atoms with Gasteiger partial charge in [0, 0.05) is 36.6 Å². The van der Waals surface area contributed by atoms with Gasteiger partial charge in [0.2, 0.25) is 5.91 Å². The van der Waals surface area contributed by atoms with Gasteiger partial charge in [-0.3, -0.25) is 9.79 Å². The maximum Gasteiger partial charge on any atom is 0.225 e. The molecule has 1 aromatic rings. The SMILES string of the molecule is CN=C(NCCCc1ccc(Br)cc1F)NCCNC(=O)C(C)(C)C.I. The lowest BCUT2D eigenvalue weighted by atomic mass is 9.96. The van der Waals surface area contributed by atoms with Crippen molar-refractivity contribution in [3.05, 3.63) is 34.1 Å². The van der Waals surface area contributed by atoms with Crippen LogP contribution in [-0.2, 0) is 11.2 Å². The van der Waals surface area contributed by atoms with Crippen LogP contribution in [-0.4, -0.2) is 38.5 Å². The van der Waals surface area contributed by atoms with E-state index in [1.54, 1.807) is 13.1 Å². The van der Waals surface area contributed by atoms with E-state index in [4.69, 9.17) is 0 Å². The van der Waals surface area contributed by atoms with Crippen molar-refractivity contribution >= 4 is 51.8 Å². The van der Waals surface area contributed by atoms with E-state index < -0.39 is 0 Å². The van der Waals surface area contributed by atoms with Crippen molar-refractivity contribution < 1.29 is 9.18 Å². The topological polar surface area (TPSA) is 65.5 Å². The monoisotopic (exact) mass is 542 g/mol. The fourth-order valence-electron chi connectivity index (χ4n) is 2.05. The molecule has 0 aromatic heterocycles. The highest BCUT2D eigenvalue weighted by atomic mass is 127. The van der Waals surface area contributed by atoms with Crippen molar-refractivity contribution in [2.24, 2.45) is 10.4 Å². The Labute approximate surface area is 181 Å². The Morgan fingerprint density at radius 3 is 2.35 bits per heavy atom. The van der Waals surface area contributed by atoms with Crippen LogP contribution in [0.15, 0.2) is 27.7 Å². The summed E-state index contributed by atoms with van der Waals surface area (Å²) in [5, 5.41) is 9.19. The fraction of sp³-hybridized carbons (Fsp3) is 0.556. The summed E-state index contributed by atoms with van der Waals surface area (Å²) in [5.41, 5.74) is 0.320. The molecule has 0 heterocycles. The Balaban J connectivity index is 0.00000625. The molecule has 0 atom stereocenters. The summed E-state index contributed by atoms with van der Waals surface area (Å²) in [4.78, 5) is 15.9. The van der Waals surface area contributed by atoms with Crippen molar-refractivity contribution in [2.75, 3.05) is 26.7 Å². The van der Waals surface area contributed by atoms with Crippen molar-refractivity contribution in [3.8, 4) is 0 Å². The maximum absolute atomic E-state index is 13.7. The van der Waals surface area contributed by atoms with Crippen LogP contribution >= 0.6 is 39.9 Å². The summed E-state index contributed by atoms with van der Waals surface area (Å²) in [6, 6.07) is 5.12. The van der Waals surface area contributed by atoms with Gasteiger partial charge in [-0.15, -0.1) is 24.0 Å². The molecule has 0 unspecified atom stereocenters. The van der Waals surface area contributed by atoms with Crippen LogP contribution in [0.1, 0.15) is 32.8 Å². The van der Waals surface area contributed by atoms with E-state index in [2.05, 4.69) is 36.9 Å². The number of rotatable bonds is 7. The fourth-order valence-corrected chi connectivity index (χ4v) is 2.39. The lowest BCUT2D eigenvalue weighted by Crippen LogP contribution is -2.43. The van der Waals surface area contributed by atoms with Gasteiger partial charge in [-0.25, -0.2) is 4.39 Å². The number of carbonyl (C=O) groups is 1. The largest absolute Gasteiger partial charge is 0.356 e. The number of guanidine groups is 1. The normalized spacial score (nSPS) is 11.5. The molecule has 3 N–H and O–H groups in total. The van der Waals surface area contributed by atoms with E-state index in [0.29, 0.717) is 37.6 Å². The molecule has 1 aromatic carbocycles. The van der Waals surface area contributed by atoms with Crippen LogP contribution < -0.4 is 16.0 Å². The van der Waals surface area contributed by atoms with E-state index in [0.717, 1.165) is 10.9 Å². The summed E-state index contributed by atoms with van der Waals surface area (Å²) >= 11 is 3.25. The van der Waals surface area contributed by atoms with E-state index >= 15 is 0 Å². The number of amides is 1. The van der Waals surface area contributed by atoms with E-state index in [-0.39, 0.29) is 41.1 Å². The van der Waals surface area contributed by atoms with Gasteiger partial charge in [-0.1, -0.05) is 42.8 Å². The van der Waals surface area contributed by atoms with Crippen LogP contribution in [0, 0.1) is 11.2 Å². The Hall–Kier alpha value is -0.900. The van der Waals surface area contributed by atoms with Gasteiger partial charge in [0.1, 0.15) is 5.82 Å². The predicted molar refractivity (Wildman–Crippen MR) is 120 cm³/mol. The lowest BCUT2D eigenvalue weighted by Gasteiger charge is -2.18. The Morgan fingerprint density at radius 2 is 1.77 bits per heavy atom. The summed E-state index contributed by atoms with van der Waals surface area (Å²) < 4.78 is 14.5. The molecule has 0 saturated heterocycles. The van der Waals surface area contributed by atoms with Gasteiger partial charge >= 0.3 is 0 Å². The molecule has 0 aliphatic carbocycles. The maximum atomic E-state index is 13.7. The number of nitrogens with zero attached hydrogens (tertiary/aromatic N) is 1. The molecule has 8 heteroatoms. The number of nitrogens with one attached hydrogen (secondary N) is 3. The minimum atomic E-state index is -0.387. The first-order valence-corrected chi connectivity index (χ1v) is 9.20. The van der Waals surface area contributed by atoms with Gasteiger partial charge in [-0.2, -0.15) is 0 Å². The van der Waals surface area contributed by atoms with Gasteiger partial charge in [0.25, 0.3) is 0 Å². The Morgan fingerprint density at radius 1 is 1.15 bits per heavy atom. The molecule has 1 rings (SSSR count). The average Bonchev–Trinajstić information content (AvgIpc) is 2.53. The number of benzene rings is 1. The first kappa shape index (κ1) is 25.1. The zero-order chi connectivity index (χ0) is 18.9. The van der Waals surface area contributed by atoms with E-state index in [9.17, 15) is 9.18 Å². The number of halogens is 3. The molecule has 0 bridgehead atoms. The van der Waals surface area contributed by atoms with Crippen LogP contribution in [0.5, 0.6) is 0 Å². The molecule has 0 spiro atoms. The third-order valence-electron chi connectivity index (χ3n) is 3.54. The zero-order valence-corrected chi connectivity index (χ0v) is 19.7. The second-order valence-corrected chi connectivity index (χ2v) is 7.69. The first-order valence-electron chi connectivity index (χ1n) is 8.41. The molecule has 1 amide bonds. The van der Waals surface area contributed by atoms with Crippen molar-refractivity contribution in [1.82, 2.24) is 16.0 Å². The van der Waals surface area contributed by atoms with Crippen LogP contribution in [0.25, 0.3) is 0 Å². The van der Waals surface area contributed by atoms with Crippen LogP contribution in [0.3, 0.4) is 0 Å². The molecule has 26 heavy (non-hydrogen) atoms. The van der Waals surface area contributed by atoms with Crippen molar-refractivity contribution in [3.63, 3.8) is 0 Å². The first-order chi connectivity index (χ1) is 11.7. The third-order valence-corrected chi connectivity index (χ3v) is 4.03. The minimum Gasteiger partial charge on any atom is -0.356 e. The summed E-state index contributed by atoms with van der Waals surface area (Å²) in [7, 11) is 1.69. The quantitative estimate of drug-likeness (QED) is 0.214. The molecular formula is C18H29BrFIN4O. The standard InChI is InChI=1S/C18H28BrFN4O.HI/c1-18(2,3)16(25)22-10-11-24-17(21-4)23-9-5-6-13-7-8-14(19)12-15(13)20;/h7-8,12H,5-6,9-11H2,1-4H3,(H,22,25)(H2,21,23,24);1H. The van der Waals surface area contributed by atoms with Crippen LogP contribution in [0.2, 0.25) is 0 Å². The summed E-state index contributed by atoms with van der Waals surface area (Å²) in [6.45, 7) is 7.44. The minimum absolute atomic E-state index is 0. The number of carbonyl (C=O) groups excluding carboxylic acids is 1. The smallest absolute Gasteiger partial charge is 0.225 e.